The normalized spacial score (nSPS) is 18.3. The van der Waals surface area contributed by atoms with Gasteiger partial charge in [0.2, 0.25) is 10.0 Å². The summed E-state index contributed by atoms with van der Waals surface area (Å²) < 4.78 is 37.9. The van der Waals surface area contributed by atoms with Crippen LogP contribution in [0.1, 0.15) is 6.92 Å². The largest absolute Gasteiger partial charge is 0.481 e. The standard InChI is InChI=1S/C19H25N3O5S/c1-2-3-14-27-17-4-6-18(7-5-17)28(24,25)22-10-8-20(9-11-22)19(23)21-12-15-26-16-13-21/h4-7H,8-16H2,1H3. The van der Waals surface area contributed by atoms with Gasteiger partial charge in [-0.15, -0.1) is 5.92 Å². The van der Waals surface area contributed by atoms with E-state index in [-0.39, 0.29) is 30.6 Å². The maximum absolute atomic E-state index is 12.9. The quantitative estimate of drug-likeness (QED) is 0.692. The third-order valence-electron chi connectivity index (χ3n) is 4.74. The fraction of sp³-hybridized carbons (Fsp3) is 0.526. The van der Waals surface area contributed by atoms with Crippen molar-refractivity contribution in [2.75, 3.05) is 59.1 Å². The Labute approximate surface area is 166 Å². The number of morpholine rings is 1. The monoisotopic (exact) mass is 407 g/mol. The third kappa shape index (κ3) is 4.76. The van der Waals surface area contributed by atoms with Gasteiger partial charge in [-0.3, -0.25) is 0 Å². The molecule has 2 aliphatic rings. The maximum atomic E-state index is 12.9. The van der Waals surface area contributed by atoms with Crippen molar-refractivity contribution in [3.8, 4) is 17.6 Å². The number of rotatable bonds is 4. The zero-order chi connectivity index (χ0) is 20.0. The van der Waals surface area contributed by atoms with Crippen molar-refractivity contribution in [3.05, 3.63) is 24.3 Å². The fourth-order valence-electron chi connectivity index (χ4n) is 3.12. The lowest BCUT2D eigenvalue weighted by Crippen LogP contribution is -2.55. The lowest BCUT2D eigenvalue weighted by molar-refractivity contribution is 0.0405. The highest BCUT2D eigenvalue weighted by molar-refractivity contribution is 7.89. The lowest BCUT2D eigenvalue weighted by Gasteiger charge is -2.38. The van der Waals surface area contributed by atoms with E-state index in [9.17, 15) is 13.2 Å². The van der Waals surface area contributed by atoms with Crippen molar-refractivity contribution in [2.45, 2.75) is 11.8 Å². The number of carbonyl (C=O) groups excluding carboxylic acids is 1. The minimum absolute atomic E-state index is 0.0444. The van der Waals surface area contributed by atoms with Gasteiger partial charge in [0.1, 0.15) is 12.4 Å². The number of hydrogen-bond donors (Lipinski definition) is 0. The summed E-state index contributed by atoms with van der Waals surface area (Å²) in [5.41, 5.74) is 0. The van der Waals surface area contributed by atoms with Crippen molar-refractivity contribution in [1.29, 1.82) is 0 Å². The van der Waals surface area contributed by atoms with Crippen LogP contribution in [0.15, 0.2) is 29.2 Å². The van der Waals surface area contributed by atoms with Crippen molar-refractivity contribution < 1.29 is 22.7 Å². The Hall–Kier alpha value is -2.28. The van der Waals surface area contributed by atoms with Gasteiger partial charge in [-0.1, -0.05) is 5.92 Å². The van der Waals surface area contributed by atoms with E-state index >= 15 is 0 Å². The van der Waals surface area contributed by atoms with E-state index in [1.807, 2.05) is 0 Å². The molecule has 1 aromatic rings. The van der Waals surface area contributed by atoms with Crippen LogP contribution in [0.2, 0.25) is 0 Å². The van der Waals surface area contributed by atoms with Gasteiger partial charge < -0.3 is 19.3 Å². The van der Waals surface area contributed by atoms with Crippen LogP contribution in [0.25, 0.3) is 0 Å². The van der Waals surface area contributed by atoms with E-state index in [1.165, 1.54) is 16.4 Å². The van der Waals surface area contributed by atoms with Gasteiger partial charge in [0.15, 0.2) is 0 Å². The molecule has 1 aromatic carbocycles. The predicted molar refractivity (Wildman–Crippen MR) is 104 cm³/mol. The molecular formula is C19H25N3O5S. The van der Waals surface area contributed by atoms with Gasteiger partial charge >= 0.3 is 6.03 Å². The maximum Gasteiger partial charge on any atom is 0.320 e. The highest BCUT2D eigenvalue weighted by Gasteiger charge is 2.32. The van der Waals surface area contributed by atoms with Crippen LogP contribution in [0.3, 0.4) is 0 Å². The molecule has 0 radical (unpaired) electrons. The second-order valence-corrected chi connectivity index (χ2v) is 8.40. The third-order valence-corrected chi connectivity index (χ3v) is 6.65. The van der Waals surface area contributed by atoms with E-state index in [2.05, 4.69) is 11.8 Å². The number of ether oxygens (including phenoxy) is 2. The fourth-order valence-corrected chi connectivity index (χ4v) is 4.55. The van der Waals surface area contributed by atoms with Crippen LogP contribution in [0.5, 0.6) is 5.75 Å². The number of piperazine rings is 1. The van der Waals surface area contributed by atoms with E-state index in [4.69, 9.17) is 9.47 Å². The van der Waals surface area contributed by atoms with Gasteiger partial charge in [0.05, 0.1) is 18.1 Å². The number of hydrogen-bond acceptors (Lipinski definition) is 5. The van der Waals surface area contributed by atoms with Gasteiger partial charge in [0, 0.05) is 39.3 Å². The molecule has 152 valence electrons. The van der Waals surface area contributed by atoms with Crippen LogP contribution < -0.4 is 4.74 Å². The van der Waals surface area contributed by atoms with Crippen molar-refractivity contribution in [3.63, 3.8) is 0 Å². The Balaban J connectivity index is 1.57. The van der Waals surface area contributed by atoms with Gasteiger partial charge in [-0.2, -0.15) is 4.31 Å². The number of sulfonamides is 1. The van der Waals surface area contributed by atoms with Crippen LogP contribution in [0, 0.1) is 11.8 Å². The molecule has 0 unspecified atom stereocenters. The van der Waals surface area contributed by atoms with Gasteiger partial charge in [-0.05, 0) is 31.2 Å². The minimum Gasteiger partial charge on any atom is -0.481 e. The summed E-state index contributed by atoms with van der Waals surface area (Å²) in [5.74, 6) is 6.09. The van der Waals surface area contributed by atoms with E-state index < -0.39 is 10.0 Å². The lowest BCUT2D eigenvalue weighted by atomic mass is 10.3. The summed E-state index contributed by atoms with van der Waals surface area (Å²) in [6.45, 7) is 5.57. The highest BCUT2D eigenvalue weighted by Crippen LogP contribution is 2.21. The minimum atomic E-state index is -3.60. The number of nitrogens with zero attached hydrogens (tertiary/aromatic N) is 3. The van der Waals surface area contributed by atoms with Crippen LogP contribution in [-0.2, 0) is 14.8 Å². The molecule has 3 rings (SSSR count). The summed E-state index contributed by atoms with van der Waals surface area (Å²) >= 11 is 0. The Morgan fingerprint density at radius 2 is 1.64 bits per heavy atom. The second-order valence-electron chi connectivity index (χ2n) is 6.46. The summed E-state index contributed by atoms with van der Waals surface area (Å²) in [5, 5.41) is 0. The molecule has 0 saturated carbocycles. The summed E-state index contributed by atoms with van der Waals surface area (Å²) in [4.78, 5) is 16.2. The molecule has 2 fully saturated rings. The molecule has 2 heterocycles. The Bertz CT molecular complexity index is 831. The molecule has 9 heteroatoms. The highest BCUT2D eigenvalue weighted by atomic mass is 32.2. The molecule has 2 amide bonds. The number of benzene rings is 1. The zero-order valence-corrected chi connectivity index (χ0v) is 16.8. The van der Waals surface area contributed by atoms with Gasteiger partial charge in [0.25, 0.3) is 0 Å². The van der Waals surface area contributed by atoms with E-state index in [0.717, 1.165) is 0 Å². The van der Waals surface area contributed by atoms with Gasteiger partial charge in [-0.25, -0.2) is 13.2 Å². The molecule has 0 atom stereocenters. The van der Waals surface area contributed by atoms with Crippen LogP contribution in [-0.4, -0.2) is 87.6 Å². The average molecular weight is 407 g/mol. The second kappa shape index (κ2) is 9.28. The molecule has 0 aliphatic carbocycles. The molecule has 0 bridgehead atoms. The number of urea groups is 1. The molecule has 8 nitrogen and oxygen atoms in total. The molecule has 28 heavy (non-hydrogen) atoms. The number of carbonyl (C=O) groups is 1. The molecule has 2 aliphatic heterocycles. The number of amides is 2. The molecule has 2 saturated heterocycles. The summed E-state index contributed by atoms with van der Waals surface area (Å²) in [6, 6.07) is 6.28. The Morgan fingerprint density at radius 3 is 2.25 bits per heavy atom. The van der Waals surface area contributed by atoms with E-state index in [1.54, 1.807) is 28.9 Å². The average Bonchev–Trinajstić information content (AvgIpc) is 2.74. The first-order valence-corrected chi connectivity index (χ1v) is 10.7. The first-order chi connectivity index (χ1) is 13.5. The molecular weight excluding hydrogens is 382 g/mol. The zero-order valence-electron chi connectivity index (χ0n) is 16.0. The van der Waals surface area contributed by atoms with Crippen molar-refractivity contribution in [2.24, 2.45) is 0 Å². The Kier molecular flexibility index (Phi) is 6.78. The molecule has 0 aromatic heterocycles. The smallest absolute Gasteiger partial charge is 0.320 e. The van der Waals surface area contributed by atoms with E-state index in [0.29, 0.717) is 45.1 Å². The van der Waals surface area contributed by atoms with Crippen LogP contribution in [0.4, 0.5) is 4.79 Å². The summed E-state index contributed by atoms with van der Waals surface area (Å²) in [6.07, 6.45) is 0. The van der Waals surface area contributed by atoms with Crippen LogP contribution >= 0.6 is 0 Å². The SMILES string of the molecule is CC#CCOc1ccc(S(=O)(=O)N2CCN(C(=O)N3CCOCC3)CC2)cc1. The predicted octanol–water partition coefficient (Wildman–Crippen LogP) is 0.847. The first kappa shape index (κ1) is 20.5. The molecule has 0 N–H and O–H groups in total. The van der Waals surface area contributed by atoms with Crippen molar-refractivity contribution in [1.82, 2.24) is 14.1 Å². The first-order valence-electron chi connectivity index (χ1n) is 9.26. The summed E-state index contributed by atoms with van der Waals surface area (Å²) in [7, 11) is -3.60. The molecule has 0 spiro atoms. The topological polar surface area (TPSA) is 79.4 Å². The Morgan fingerprint density at radius 1 is 1.04 bits per heavy atom. The van der Waals surface area contributed by atoms with Crippen molar-refractivity contribution >= 4 is 16.1 Å².